The lowest BCUT2D eigenvalue weighted by Crippen LogP contribution is -2.14. The lowest BCUT2D eigenvalue weighted by atomic mass is 10.2. The van der Waals surface area contributed by atoms with Gasteiger partial charge in [-0.25, -0.2) is 9.97 Å². The zero-order chi connectivity index (χ0) is 18.5. The van der Waals surface area contributed by atoms with Gasteiger partial charge in [0.15, 0.2) is 0 Å². The minimum absolute atomic E-state index is 0.134. The normalized spacial score (nSPS) is 10.0. The molecule has 0 aliphatic heterocycles. The van der Waals surface area contributed by atoms with Gasteiger partial charge in [0, 0.05) is 5.69 Å². The van der Waals surface area contributed by atoms with E-state index in [2.05, 4.69) is 26.7 Å². The van der Waals surface area contributed by atoms with Crippen molar-refractivity contribution in [3.8, 4) is 6.07 Å². The molecule has 2 N–H and O–H groups in total. The Morgan fingerprint density at radius 2 is 1.85 bits per heavy atom. The molecule has 2 aromatic carbocycles. The Morgan fingerprint density at radius 3 is 2.54 bits per heavy atom. The van der Waals surface area contributed by atoms with Crippen LogP contribution in [-0.4, -0.2) is 15.9 Å². The van der Waals surface area contributed by atoms with Crippen LogP contribution in [0.4, 0.5) is 17.2 Å². The van der Waals surface area contributed by atoms with Gasteiger partial charge in [-0.1, -0.05) is 35.3 Å². The topological polar surface area (TPSA) is 90.7 Å². The first-order valence-electron chi connectivity index (χ1n) is 7.41. The lowest BCUT2D eigenvalue weighted by Gasteiger charge is -2.08. The Hall–Kier alpha value is -3.14. The maximum atomic E-state index is 12.2. The molecule has 0 aliphatic carbocycles. The molecule has 0 atom stereocenters. The number of aromatic nitrogens is 2. The van der Waals surface area contributed by atoms with Gasteiger partial charge >= 0.3 is 0 Å². The quantitative estimate of drug-likeness (QED) is 0.683. The third-order valence-electron chi connectivity index (χ3n) is 3.37. The maximum absolute atomic E-state index is 12.2. The van der Waals surface area contributed by atoms with E-state index < -0.39 is 5.91 Å². The Labute approximate surface area is 159 Å². The Kier molecular flexibility index (Phi) is 5.32. The van der Waals surface area contributed by atoms with Crippen molar-refractivity contribution >= 4 is 46.3 Å². The van der Waals surface area contributed by atoms with Crippen molar-refractivity contribution in [2.24, 2.45) is 0 Å². The van der Waals surface area contributed by atoms with Gasteiger partial charge in [0.05, 0.1) is 33.7 Å². The standard InChI is InChI=1S/C18H11Cl2N5O/c19-13-6-5-12(7-14(13)20)24-18(26)16-9-23-17(10-22-16)25-15-4-2-1-3-11(15)8-21/h1-7,9-10H,(H,23,25)(H,24,26). The molecule has 1 aromatic heterocycles. The minimum atomic E-state index is -0.431. The number of hydrogen-bond acceptors (Lipinski definition) is 5. The fourth-order valence-electron chi connectivity index (χ4n) is 2.11. The molecule has 1 amide bonds. The van der Waals surface area contributed by atoms with E-state index in [-0.39, 0.29) is 5.69 Å². The van der Waals surface area contributed by atoms with Gasteiger partial charge < -0.3 is 10.6 Å². The summed E-state index contributed by atoms with van der Waals surface area (Å²) in [7, 11) is 0. The van der Waals surface area contributed by atoms with Crippen molar-refractivity contribution in [3.63, 3.8) is 0 Å². The van der Waals surface area contributed by atoms with Crippen LogP contribution in [0.2, 0.25) is 10.0 Å². The van der Waals surface area contributed by atoms with Gasteiger partial charge in [-0.2, -0.15) is 5.26 Å². The van der Waals surface area contributed by atoms with Crippen molar-refractivity contribution < 1.29 is 4.79 Å². The van der Waals surface area contributed by atoms with Gasteiger partial charge in [0.2, 0.25) is 0 Å². The van der Waals surface area contributed by atoms with Crippen molar-refractivity contribution in [2.75, 3.05) is 10.6 Å². The number of carbonyl (C=O) groups is 1. The number of nitrogens with one attached hydrogen (secondary N) is 2. The van der Waals surface area contributed by atoms with E-state index >= 15 is 0 Å². The highest BCUT2D eigenvalue weighted by molar-refractivity contribution is 6.42. The number of anilines is 3. The van der Waals surface area contributed by atoms with Crippen molar-refractivity contribution in [1.82, 2.24) is 9.97 Å². The number of amides is 1. The van der Waals surface area contributed by atoms with Gasteiger partial charge in [-0.3, -0.25) is 4.79 Å². The maximum Gasteiger partial charge on any atom is 0.275 e. The smallest absolute Gasteiger partial charge is 0.275 e. The van der Waals surface area contributed by atoms with Gasteiger partial charge in [0.1, 0.15) is 17.6 Å². The SMILES string of the molecule is N#Cc1ccccc1Nc1cnc(C(=O)Nc2ccc(Cl)c(Cl)c2)cn1. The molecule has 3 aromatic rings. The van der Waals surface area contributed by atoms with Crippen LogP contribution in [0, 0.1) is 11.3 Å². The molecule has 26 heavy (non-hydrogen) atoms. The molecule has 6 nitrogen and oxygen atoms in total. The Balaban J connectivity index is 1.71. The molecule has 0 saturated carbocycles. The summed E-state index contributed by atoms with van der Waals surface area (Å²) in [6, 6.07) is 13.9. The van der Waals surface area contributed by atoms with Crippen LogP contribution in [0.1, 0.15) is 16.1 Å². The number of benzene rings is 2. The van der Waals surface area contributed by atoms with E-state index in [1.54, 1.807) is 42.5 Å². The predicted octanol–water partition coefficient (Wildman–Crippen LogP) is 4.65. The molecular formula is C18H11Cl2N5O. The van der Waals surface area contributed by atoms with Crippen molar-refractivity contribution in [2.45, 2.75) is 0 Å². The Bertz CT molecular complexity index is 999. The molecule has 128 valence electrons. The molecule has 0 fully saturated rings. The first-order chi connectivity index (χ1) is 12.6. The Morgan fingerprint density at radius 1 is 1.04 bits per heavy atom. The predicted molar refractivity (Wildman–Crippen MR) is 101 cm³/mol. The first kappa shape index (κ1) is 17.7. The third kappa shape index (κ3) is 4.09. The molecule has 3 rings (SSSR count). The van der Waals surface area contributed by atoms with Crippen LogP contribution in [-0.2, 0) is 0 Å². The molecule has 0 radical (unpaired) electrons. The van der Waals surface area contributed by atoms with Crippen molar-refractivity contribution in [3.05, 3.63) is 76.2 Å². The zero-order valence-corrected chi connectivity index (χ0v) is 14.7. The second kappa shape index (κ2) is 7.83. The van der Waals surface area contributed by atoms with Crippen LogP contribution in [0.25, 0.3) is 0 Å². The van der Waals surface area contributed by atoms with Crippen LogP contribution in [0.5, 0.6) is 0 Å². The molecule has 0 unspecified atom stereocenters. The molecule has 0 bridgehead atoms. The highest BCUT2D eigenvalue weighted by atomic mass is 35.5. The lowest BCUT2D eigenvalue weighted by molar-refractivity contribution is 0.102. The molecule has 8 heteroatoms. The molecule has 1 heterocycles. The van der Waals surface area contributed by atoms with E-state index in [4.69, 9.17) is 28.5 Å². The highest BCUT2D eigenvalue weighted by Gasteiger charge is 2.10. The molecule has 0 saturated heterocycles. The number of hydrogen-bond donors (Lipinski definition) is 2. The van der Waals surface area contributed by atoms with Crippen LogP contribution < -0.4 is 10.6 Å². The first-order valence-corrected chi connectivity index (χ1v) is 8.17. The van der Waals surface area contributed by atoms with E-state index in [9.17, 15) is 4.79 Å². The second-order valence-corrected chi connectivity index (χ2v) is 5.97. The number of nitriles is 1. The number of halogens is 2. The van der Waals surface area contributed by atoms with E-state index in [0.717, 1.165) is 0 Å². The molecule has 0 spiro atoms. The van der Waals surface area contributed by atoms with Crippen LogP contribution >= 0.6 is 23.2 Å². The molecule has 0 aliphatic rings. The number of para-hydroxylation sites is 1. The summed E-state index contributed by atoms with van der Waals surface area (Å²) in [6.45, 7) is 0. The zero-order valence-electron chi connectivity index (χ0n) is 13.2. The van der Waals surface area contributed by atoms with E-state index in [1.807, 2.05) is 0 Å². The van der Waals surface area contributed by atoms with Crippen LogP contribution in [0.3, 0.4) is 0 Å². The monoisotopic (exact) mass is 383 g/mol. The van der Waals surface area contributed by atoms with Gasteiger partial charge in [0.25, 0.3) is 5.91 Å². The van der Waals surface area contributed by atoms with Crippen LogP contribution in [0.15, 0.2) is 54.9 Å². The summed E-state index contributed by atoms with van der Waals surface area (Å²) >= 11 is 11.8. The summed E-state index contributed by atoms with van der Waals surface area (Å²) in [5, 5.41) is 15.5. The summed E-state index contributed by atoms with van der Waals surface area (Å²) in [5.41, 5.74) is 1.72. The summed E-state index contributed by atoms with van der Waals surface area (Å²) < 4.78 is 0. The summed E-state index contributed by atoms with van der Waals surface area (Å²) in [4.78, 5) is 20.5. The number of nitrogens with zero attached hydrogens (tertiary/aromatic N) is 3. The largest absolute Gasteiger partial charge is 0.338 e. The summed E-state index contributed by atoms with van der Waals surface area (Å²) in [6.07, 6.45) is 2.75. The second-order valence-electron chi connectivity index (χ2n) is 5.15. The number of rotatable bonds is 4. The average molecular weight is 384 g/mol. The van der Waals surface area contributed by atoms with E-state index in [0.29, 0.717) is 32.8 Å². The van der Waals surface area contributed by atoms with E-state index in [1.165, 1.54) is 12.4 Å². The number of carbonyl (C=O) groups excluding carboxylic acids is 1. The molecular weight excluding hydrogens is 373 g/mol. The third-order valence-corrected chi connectivity index (χ3v) is 4.11. The van der Waals surface area contributed by atoms with Gasteiger partial charge in [-0.15, -0.1) is 0 Å². The highest BCUT2D eigenvalue weighted by Crippen LogP contribution is 2.25. The van der Waals surface area contributed by atoms with Gasteiger partial charge in [-0.05, 0) is 30.3 Å². The minimum Gasteiger partial charge on any atom is -0.338 e. The average Bonchev–Trinajstić information content (AvgIpc) is 2.66. The summed E-state index contributed by atoms with van der Waals surface area (Å²) in [5.74, 6) is -0.0151. The fraction of sp³-hybridized carbons (Fsp3) is 0. The fourth-order valence-corrected chi connectivity index (χ4v) is 2.40. The van der Waals surface area contributed by atoms with Crippen molar-refractivity contribution in [1.29, 1.82) is 5.26 Å².